The lowest BCUT2D eigenvalue weighted by Gasteiger charge is -2.18. The highest BCUT2D eigenvalue weighted by Crippen LogP contribution is 2.48. The molecule has 2 aliphatic rings. The third-order valence-electron chi connectivity index (χ3n) is 5.78. The van der Waals surface area contributed by atoms with Crippen LogP contribution in [0.1, 0.15) is 43.6 Å². The molecule has 1 aromatic carbocycles. The molecule has 0 spiro atoms. The first kappa shape index (κ1) is 18.7. The molecule has 4 rings (SSSR count). The summed E-state index contributed by atoms with van der Waals surface area (Å²) in [6, 6.07) is 13.4. The van der Waals surface area contributed by atoms with Gasteiger partial charge in [-0.05, 0) is 43.9 Å². The number of hydrogen-bond donors (Lipinski definition) is 2. The van der Waals surface area contributed by atoms with E-state index in [2.05, 4.69) is 10.6 Å². The van der Waals surface area contributed by atoms with Crippen molar-refractivity contribution in [3.05, 3.63) is 60.1 Å². The molecule has 1 aliphatic carbocycles. The maximum atomic E-state index is 12.7. The molecule has 0 bridgehead atoms. The molecule has 28 heavy (non-hydrogen) atoms. The van der Waals surface area contributed by atoms with Crippen molar-refractivity contribution >= 4 is 11.8 Å². The Bertz CT molecular complexity index is 814. The van der Waals surface area contributed by atoms with Crippen molar-refractivity contribution < 1.29 is 18.7 Å². The molecule has 2 amide bonds. The second-order valence-corrected chi connectivity index (χ2v) is 7.79. The predicted octanol–water partition coefficient (Wildman–Crippen LogP) is 2.71. The van der Waals surface area contributed by atoms with Crippen LogP contribution < -0.4 is 10.6 Å². The van der Waals surface area contributed by atoms with E-state index >= 15 is 0 Å². The summed E-state index contributed by atoms with van der Waals surface area (Å²) in [4.78, 5) is 25.2. The van der Waals surface area contributed by atoms with Gasteiger partial charge >= 0.3 is 0 Å². The van der Waals surface area contributed by atoms with Gasteiger partial charge in [-0.15, -0.1) is 0 Å². The van der Waals surface area contributed by atoms with Crippen LogP contribution in [0.25, 0.3) is 0 Å². The Labute approximate surface area is 164 Å². The number of benzene rings is 1. The molecule has 6 nitrogen and oxygen atoms in total. The number of carbonyl (C=O) groups excluding carboxylic acids is 2. The number of hydrogen-bond acceptors (Lipinski definition) is 4. The number of amides is 2. The molecule has 1 unspecified atom stereocenters. The summed E-state index contributed by atoms with van der Waals surface area (Å²) >= 11 is 0. The zero-order valence-corrected chi connectivity index (χ0v) is 16.0. The van der Waals surface area contributed by atoms with Gasteiger partial charge in [-0.3, -0.25) is 9.59 Å². The third-order valence-corrected chi connectivity index (χ3v) is 5.78. The first-order valence-corrected chi connectivity index (χ1v) is 9.88. The van der Waals surface area contributed by atoms with Crippen LogP contribution in [0.5, 0.6) is 0 Å². The van der Waals surface area contributed by atoms with Gasteiger partial charge in [0.2, 0.25) is 11.8 Å². The largest absolute Gasteiger partial charge is 0.467 e. The van der Waals surface area contributed by atoms with E-state index in [9.17, 15) is 9.59 Å². The van der Waals surface area contributed by atoms with E-state index in [1.807, 2.05) is 43.3 Å². The predicted molar refractivity (Wildman–Crippen MR) is 103 cm³/mol. The molecule has 148 valence electrons. The molecule has 0 radical (unpaired) electrons. The Morgan fingerprint density at radius 2 is 1.96 bits per heavy atom. The first-order valence-electron chi connectivity index (χ1n) is 9.88. The van der Waals surface area contributed by atoms with E-state index in [0.717, 1.165) is 24.2 Å². The van der Waals surface area contributed by atoms with Crippen LogP contribution in [0.4, 0.5) is 0 Å². The van der Waals surface area contributed by atoms with Crippen molar-refractivity contribution in [1.29, 1.82) is 0 Å². The Morgan fingerprint density at radius 1 is 1.18 bits per heavy atom. The van der Waals surface area contributed by atoms with Crippen molar-refractivity contribution in [2.75, 3.05) is 13.2 Å². The van der Waals surface area contributed by atoms with Gasteiger partial charge in [0.1, 0.15) is 5.76 Å². The van der Waals surface area contributed by atoms with E-state index in [4.69, 9.17) is 9.15 Å². The van der Waals surface area contributed by atoms with Crippen LogP contribution in [0.2, 0.25) is 0 Å². The molecule has 6 heteroatoms. The van der Waals surface area contributed by atoms with Crippen molar-refractivity contribution in [2.24, 2.45) is 5.92 Å². The quantitative estimate of drug-likeness (QED) is 0.772. The van der Waals surface area contributed by atoms with Crippen LogP contribution in [0, 0.1) is 5.92 Å². The van der Waals surface area contributed by atoms with Gasteiger partial charge in [0.05, 0.1) is 36.3 Å². The van der Waals surface area contributed by atoms with Gasteiger partial charge in [-0.25, -0.2) is 0 Å². The highest BCUT2D eigenvalue weighted by atomic mass is 16.5. The number of rotatable bonds is 7. The van der Waals surface area contributed by atoms with Gasteiger partial charge in [0, 0.05) is 6.54 Å². The van der Waals surface area contributed by atoms with Crippen LogP contribution in [-0.4, -0.2) is 31.1 Å². The molecule has 3 atom stereocenters. The molecule has 2 fully saturated rings. The van der Waals surface area contributed by atoms with Gasteiger partial charge < -0.3 is 19.8 Å². The summed E-state index contributed by atoms with van der Waals surface area (Å²) < 4.78 is 11.1. The van der Waals surface area contributed by atoms with Gasteiger partial charge in [-0.1, -0.05) is 30.3 Å². The topological polar surface area (TPSA) is 80.6 Å². The van der Waals surface area contributed by atoms with Gasteiger partial charge in [0.25, 0.3) is 0 Å². The van der Waals surface area contributed by atoms with Gasteiger partial charge in [-0.2, -0.15) is 0 Å². The highest BCUT2D eigenvalue weighted by molar-refractivity contribution is 5.91. The minimum Gasteiger partial charge on any atom is -0.467 e. The molecule has 1 saturated carbocycles. The standard InChI is InChI=1S/C22H26N2O4/c1-15(19-8-5-11-27-19)24-20(25)16-12-18(28-14-16)13-23-21(26)22(9-10-22)17-6-3-2-4-7-17/h2-8,11,15-16,18H,9-10,12-14H2,1H3,(H,23,26)(H,24,25)/t15?,16-,18-/m0/s1. The summed E-state index contributed by atoms with van der Waals surface area (Å²) in [5.74, 6) is 0.539. The second-order valence-electron chi connectivity index (χ2n) is 7.79. The normalized spacial score (nSPS) is 23.8. The third kappa shape index (κ3) is 3.83. The Morgan fingerprint density at radius 3 is 2.64 bits per heavy atom. The molecule has 2 aromatic rings. The van der Waals surface area contributed by atoms with E-state index in [1.54, 1.807) is 12.3 Å². The molecular formula is C22H26N2O4. The SMILES string of the molecule is CC(NC(=O)[C@@H]1CO[C@H](CNC(=O)C2(c3ccccc3)CC2)C1)c1ccco1. The average Bonchev–Trinajstić information content (AvgIpc) is 3.12. The molecule has 2 heterocycles. The minimum absolute atomic E-state index is 0.0410. The van der Waals surface area contributed by atoms with Crippen LogP contribution in [0.15, 0.2) is 53.1 Å². The summed E-state index contributed by atoms with van der Waals surface area (Å²) in [6.45, 7) is 2.70. The fourth-order valence-electron chi connectivity index (χ4n) is 3.88. The maximum absolute atomic E-state index is 12.7. The monoisotopic (exact) mass is 382 g/mol. The van der Waals surface area contributed by atoms with E-state index in [-0.39, 0.29) is 35.3 Å². The lowest BCUT2D eigenvalue weighted by atomic mass is 9.95. The molecule has 2 N–H and O–H groups in total. The minimum atomic E-state index is -0.380. The smallest absolute Gasteiger partial charge is 0.230 e. The fourth-order valence-corrected chi connectivity index (χ4v) is 3.88. The maximum Gasteiger partial charge on any atom is 0.230 e. The molecule has 1 aromatic heterocycles. The zero-order chi connectivity index (χ0) is 19.6. The molecular weight excluding hydrogens is 356 g/mol. The lowest BCUT2D eigenvalue weighted by molar-refractivity contribution is -0.126. The van der Waals surface area contributed by atoms with Crippen molar-refractivity contribution in [3.8, 4) is 0 Å². The van der Waals surface area contributed by atoms with Crippen molar-refractivity contribution in [2.45, 2.75) is 43.7 Å². The highest BCUT2D eigenvalue weighted by Gasteiger charge is 2.51. The van der Waals surface area contributed by atoms with Crippen LogP contribution in [-0.2, 0) is 19.7 Å². The Kier molecular flexibility index (Phi) is 5.22. The molecule has 1 aliphatic heterocycles. The first-order chi connectivity index (χ1) is 13.6. The second kappa shape index (κ2) is 7.80. The van der Waals surface area contributed by atoms with E-state index < -0.39 is 0 Å². The molecule has 1 saturated heterocycles. The summed E-state index contributed by atoms with van der Waals surface area (Å²) in [5, 5.41) is 6.00. The summed E-state index contributed by atoms with van der Waals surface area (Å²) in [7, 11) is 0. The van der Waals surface area contributed by atoms with E-state index in [0.29, 0.717) is 19.6 Å². The Hall–Kier alpha value is -2.60. The zero-order valence-electron chi connectivity index (χ0n) is 16.0. The fraction of sp³-hybridized carbons (Fsp3) is 0.455. The summed E-state index contributed by atoms with van der Waals surface area (Å²) in [6.07, 6.45) is 3.83. The Balaban J connectivity index is 1.25. The lowest BCUT2D eigenvalue weighted by Crippen LogP contribution is -2.39. The van der Waals surface area contributed by atoms with Crippen LogP contribution in [0.3, 0.4) is 0 Å². The van der Waals surface area contributed by atoms with Gasteiger partial charge in [0.15, 0.2) is 0 Å². The average molecular weight is 382 g/mol. The van der Waals surface area contributed by atoms with Crippen molar-refractivity contribution in [3.63, 3.8) is 0 Å². The number of furan rings is 1. The number of ether oxygens (including phenoxy) is 1. The number of nitrogens with one attached hydrogen (secondary N) is 2. The van der Waals surface area contributed by atoms with E-state index in [1.165, 1.54) is 0 Å². The van der Waals surface area contributed by atoms with Crippen LogP contribution >= 0.6 is 0 Å². The summed E-state index contributed by atoms with van der Waals surface area (Å²) in [5.41, 5.74) is 0.693. The number of carbonyl (C=O) groups is 2. The van der Waals surface area contributed by atoms with Crippen molar-refractivity contribution in [1.82, 2.24) is 10.6 Å².